The Labute approximate surface area is 160 Å². The van der Waals surface area contributed by atoms with Crippen LogP contribution in [0.25, 0.3) is 0 Å². The van der Waals surface area contributed by atoms with Gasteiger partial charge in [-0.25, -0.2) is 14.0 Å². The maximum absolute atomic E-state index is 12.9. The van der Waals surface area contributed by atoms with Crippen LogP contribution in [0, 0.1) is 0 Å². The van der Waals surface area contributed by atoms with Crippen molar-refractivity contribution in [3.63, 3.8) is 0 Å². The Morgan fingerprint density at radius 2 is 1.96 bits per heavy atom. The summed E-state index contributed by atoms with van der Waals surface area (Å²) in [6.07, 6.45) is 0. The predicted octanol–water partition coefficient (Wildman–Crippen LogP) is 0.788. The Balaban J connectivity index is 1.62. The van der Waals surface area contributed by atoms with Crippen LogP contribution < -0.4 is 34.4 Å². The van der Waals surface area contributed by atoms with Crippen molar-refractivity contribution in [3.05, 3.63) is 35.0 Å². The number of halogens is 1. The Bertz CT molecular complexity index is 1060. The Morgan fingerprint density at radius 1 is 1.07 bits per heavy atom. The monoisotopic (exact) mass is 386 g/mol. The second-order valence-electron chi connectivity index (χ2n) is 6.87. The third-order valence-corrected chi connectivity index (χ3v) is 5.19. The lowest BCUT2D eigenvalue weighted by atomic mass is 10.1. The van der Waals surface area contributed by atoms with E-state index in [-0.39, 0.29) is 6.61 Å². The van der Waals surface area contributed by atoms with Gasteiger partial charge in [0.15, 0.2) is 30.3 Å². The standard InChI is InChI=1S/C20H21FN3O4/c21-1-2-23-4-7-26-19-9-13-17(11-15(19)23)28-18-12-16-20(10-14(18)22-13)27-8-5-24(16)3-6-25/h9-12,25H,1-8H2/q+1/i21+0. The topological polar surface area (TPSA) is 66.5 Å². The van der Waals surface area contributed by atoms with Crippen molar-refractivity contribution >= 4 is 11.4 Å². The molecule has 2 aromatic carbocycles. The molecule has 0 spiro atoms. The summed E-state index contributed by atoms with van der Waals surface area (Å²) in [5.74, 6) is 2.68. The van der Waals surface area contributed by atoms with E-state index in [0.717, 1.165) is 16.8 Å². The molecule has 0 saturated carbocycles. The number of alkyl halides is 1. The molecule has 8 heteroatoms. The molecule has 0 saturated heterocycles. The maximum atomic E-state index is 12.9. The van der Waals surface area contributed by atoms with Gasteiger partial charge in [0.25, 0.3) is 0 Å². The van der Waals surface area contributed by atoms with Gasteiger partial charge >= 0.3 is 0 Å². The zero-order chi connectivity index (χ0) is 19.1. The van der Waals surface area contributed by atoms with Gasteiger partial charge in [0.05, 0.1) is 18.3 Å². The average molecular weight is 386 g/mol. The van der Waals surface area contributed by atoms with E-state index in [0.29, 0.717) is 67.7 Å². The number of ether oxygens (including phenoxy) is 3. The number of anilines is 1. The molecule has 0 aromatic heterocycles. The highest BCUT2D eigenvalue weighted by Crippen LogP contribution is 2.44. The van der Waals surface area contributed by atoms with Crippen LogP contribution in [0.15, 0.2) is 29.3 Å². The fraction of sp³-hybridized carbons (Fsp3) is 0.400. The molecule has 0 aliphatic carbocycles. The predicted molar refractivity (Wildman–Crippen MR) is 101 cm³/mol. The molecule has 0 atom stereocenters. The van der Waals surface area contributed by atoms with E-state index in [2.05, 4.69) is 4.58 Å². The minimum Gasteiger partial charge on any atom is -0.489 e. The SMILES string of the molecule is OCC[N+]1=c2cc3c(cc2OCC1)=Nc1cc2c(cc1O3)N(CC[19F])CCO2. The molecule has 0 unspecified atom stereocenters. The lowest BCUT2D eigenvalue weighted by Crippen LogP contribution is -2.41. The van der Waals surface area contributed by atoms with Crippen molar-refractivity contribution in [1.82, 2.24) is 4.58 Å². The number of aliphatic hydroxyl groups is 1. The van der Waals surface area contributed by atoms with Crippen LogP contribution in [-0.2, 0) is 0 Å². The normalized spacial score (nSPS) is 16.5. The van der Waals surface area contributed by atoms with Gasteiger partial charge in [-0.05, 0) is 0 Å². The molecule has 5 rings (SSSR count). The minimum absolute atomic E-state index is 0.0706. The van der Waals surface area contributed by atoms with Crippen molar-refractivity contribution in [2.45, 2.75) is 0 Å². The summed E-state index contributed by atoms with van der Waals surface area (Å²) in [4.78, 5) is 6.68. The quantitative estimate of drug-likeness (QED) is 0.672. The first kappa shape index (κ1) is 17.2. The van der Waals surface area contributed by atoms with E-state index in [1.165, 1.54) is 0 Å². The number of nitrogens with zero attached hydrogens (tertiary/aromatic N) is 3. The number of β-amino-alcohol motifs (C(OH)–C–C–N with tert-alkyl or cyclic N) is 1. The van der Waals surface area contributed by atoms with Crippen molar-refractivity contribution in [2.75, 3.05) is 57.6 Å². The van der Waals surface area contributed by atoms with E-state index in [9.17, 15) is 9.50 Å². The van der Waals surface area contributed by atoms with Gasteiger partial charge < -0.3 is 24.2 Å². The molecular formula is C20H21FN3O4+. The fourth-order valence-corrected chi connectivity index (χ4v) is 3.85. The number of hydrogen-bond donors (Lipinski definition) is 1. The molecule has 3 aliphatic rings. The third kappa shape index (κ3) is 2.84. The summed E-state index contributed by atoms with van der Waals surface area (Å²) in [5.41, 5.74) is 1.50. The van der Waals surface area contributed by atoms with E-state index in [1.807, 2.05) is 29.2 Å². The smallest absolute Gasteiger partial charge is 0.246 e. The molecular weight excluding hydrogens is 365 g/mol. The summed E-state index contributed by atoms with van der Waals surface area (Å²) in [7, 11) is 0. The van der Waals surface area contributed by atoms with E-state index >= 15 is 0 Å². The van der Waals surface area contributed by atoms with E-state index in [1.54, 1.807) is 0 Å². The number of fused-ring (bicyclic) bond motifs is 4. The summed E-state index contributed by atoms with van der Waals surface area (Å²) in [6, 6.07) is 7.48. The van der Waals surface area contributed by atoms with Crippen LogP contribution in [0.4, 0.5) is 15.8 Å². The van der Waals surface area contributed by atoms with Crippen molar-refractivity contribution in [3.8, 4) is 23.0 Å². The fourth-order valence-electron chi connectivity index (χ4n) is 3.85. The van der Waals surface area contributed by atoms with Crippen molar-refractivity contribution < 1.29 is 23.7 Å². The molecule has 0 bridgehead atoms. The largest absolute Gasteiger partial charge is 0.489 e. The van der Waals surface area contributed by atoms with E-state index in [4.69, 9.17) is 19.2 Å². The Kier molecular flexibility index (Phi) is 4.27. The first-order valence-corrected chi connectivity index (χ1v) is 9.45. The molecule has 3 aliphatic heterocycles. The zero-order valence-corrected chi connectivity index (χ0v) is 15.4. The van der Waals surface area contributed by atoms with Crippen LogP contribution in [0.3, 0.4) is 0 Å². The Hall–Kier alpha value is -2.87. The van der Waals surface area contributed by atoms with Crippen molar-refractivity contribution in [2.24, 2.45) is 4.99 Å². The van der Waals surface area contributed by atoms with Gasteiger partial charge in [-0.15, -0.1) is 0 Å². The molecule has 3 heterocycles. The van der Waals surface area contributed by atoms with Gasteiger partial charge in [0, 0.05) is 24.7 Å². The summed E-state index contributed by atoms with van der Waals surface area (Å²) in [6.45, 7) is 2.95. The first-order valence-electron chi connectivity index (χ1n) is 9.45. The summed E-state index contributed by atoms with van der Waals surface area (Å²) in [5, 5.41) is 10.9. The molecule has 1 N–H and O–H groups in total. The molecule has 0 amide bonds. The summed E-state index contributed by atoms with van der Waals surface area (Å²) < 4.78 is 32.7. The molecule has 7 nitrogen and oxygen atoms in total. The second kappa shape index (κ2) is 6.94. The lowest BCUT2D eigenvalue weighted by molar-refractivity contribution is 0.238. The second-order valence-corrected chi connectivity index (χ2v) is 6.87. The summed E-state index contributed by atoms with van der Waals surface area (Å²) >= 11 is 0. The minimum atomic E-state index is -0.419. The highest BCUT2D eigenvalue weighted by atomic mass is 19.1. The number of hydrogen-bond acceptors (Lipinski definition) is 6. The molecule has 28 heavy (non-hydrogen) atoms. The average Bonchev–Trinajstić information content (AvgIpc) is 2.70. The van der Waals surface area contributed by atoms with Crippen molar-refractivity contribution in [1.29, 1.82) is 0 Å². The van der Waals surface area contributed by atoms with Gasteiger partial charge in [-0.2, -0.15) is 0 Å². The van der Waals surface area contributed by atoms with Crippen LogP contribution in [0.1, 0.15) is 0 Å². The highest BCUT2D eigenvalue weighted by Gasteiger charge is 2.25. The van der Waals surface area contributed by atoms with Crippen LogP contribution >= 0.6 is 0 Å². The molecule has 146 valence electrons. The number of rotatable bonds is 4. The first-order chi connectivity index (χ1) is 13.8. The highest BCUT2D eigenvalue weighted by molar-refractivity contribution is 5.72. The zero-order valence-electron chi connectivity index (χ0n) is 15.4. The lowest BCUT2D eigenvalue weighted by Gasteiger charge is -2.31. The van der Waals surface area contributed by atoms with Crippen LogP contribution in [0.2, 0.25) is 0 Å². The van der Waals surface area contributed by atoms with E-state index < -0.39 is 6.67 Å². The van der Waals surface area contributed by atoms with Crippen LogP contribution in [0.5, 0.6) is 23.0 Å². The Morgan fingerprint density at radius 3 is 2.82 bits per heavy atom. The number of aliphatic hydroxyl groups excluding tert-OH is 1. The van der Waals surface area contributed by atoms with Gasteiger partial charge in [-0.1, -0.05) is 0 Å². The molecule has 2 aromatic rings. The number of benzene rings is 2. The molecule has 0 radical (unpaired) electrons. The third-order valence-electron chi connectivity index (χ3n) is 5.19. The van der Waals surface area contributed by atoms with Gasteiger partial charge in [0.2, 0.25) is 5.36 Å². The van der Waals surface area contributed by atoms with Crippen LogP contribution in [-0.4, -0.2) is 57.8 Å². The van der Waals surface area contributed by atoms with Gasteiger partial charge in [-0.3, -0.25) is 0 Å². The maximum Gasteiger partial charge on any atom is 0.246 e. The van der Waals surface area contributed by atoms with Gasteiger partial charge in [0.1, 0.15) is 43.3 Å². The molecule has 0 fully saturated rings.